The predicted molar refractivity (Wildman–Crippen MR) is 54.7 cm³/mol. The van der Waals surface area contributed by atoms with Crippen LogP contribution in [0.25, 0.3) is 0 Å². The summed E-state index contributed by atoms with van der Waals surface area (Å²) in [5.74, 6) is 1.20. The van der Waals surface area contributed by atoms with Crippen LogP contribution < -0.4 is 9.47 Å². The summed E-state index contributed by atoms with van der Waals surface area (Å²) in [5, 5.41) is 18.1. The van der Waals surface area contributed by atoms with Crippen LogP contribution in [0.15, 0.2) is 18.2 Å². The van der Waals surface area contributed by atoms with E-state index in [9.17, 15) is 5.11 Å². The van der Waals surface area contributed by atoms with Gasteiger partial charge in [0.25, 0.3) is 0 Å². The number of methoxy groups -OCH3 is 2. The molecule has 4 heteroatoms. The topological polar surface area (TPSA) is 62.5 Å². The Morgan fingerprint density at radius 3 is 2.20 bits per heavy atom. The van der Waals surface area contributed by atoms with E-state index in [1.54, 1.807) is 18.2 Å². The van der Waals surface area contributed by atoms with E-state index < -0.39 is 6.10 Å². The summed E-state index contributed by atoms with van der Waals surface area (Å²) < 4.78 is 10.1. The van der Waals surface area contributed by atoms with Gasteiger partial charge in [0, 0.05) is 6.07 Å². The van der Waals surface area contributed by atoms with Gasteiger partial charge < -0.3 is 14.6 Å². The standard InChI is InChI=1S/C11H13NO3/c1-14-9-5-8(11(13)3-4-12)6-10(7-9)15-2/h5-7,11,13H,3H2,1-2H3. The fraction of sp³-hybridized carbons (Fsp3) is 0.364. The van der Waals surface area contributed by atoms with Gasteiger partial charge in [-0.2, -0.15) is 5.26 Å². The third kappa shape index (κ3) is 2.86. The zero-order valence-electron chi connectivity index (χ0n) is 8.73. The van der Waals surface area contributed by atoms with Crippen LogP contribution in [0.4, 0.5) is 0 Å². The van der Waals surface area contributed by atoms with E-state index in [0.29, 0.717) is 17.1 Å². The lowest BCUT2D eigenvalue weighted by Crippen LogP contribution is -1.98. The van der Waals surface area contributed by atoms with Gasteiger partial charge in [-0.15, -0.1) is 0 Å². The normalized spacial score (nSPS) is 11.6. The molecule has 0 heterocycles. The molecule has 1 aromatic carbocycles. The summed E-state index contributed by atoms with van der Waals surface area (Å²) in [4.78, 5) is 0. The quantitative estimate of drug-likeness (QED) is 0.815. The predicted octanol–water partition coefficient (Wildman–Crippen LogP) is 1.65. The smallest absolute Gasteiger partial charge is 0.122 e. The monoisotopic (exact) mass is 207 g/mol. The van der Waals surface area contributed by atoms with Crippen LogP contribution in [0, 0.1) is 11.3 Å². The Labute approximate surface area is 88.7 Å². The molecule has 0 aromatic heterocycles. The van der Waals surface area contributed by atoms with Crippen molar-refractivity contribution in [3.05, 3.63) is 23.8 Å². The van der Waals surface area contributed by atoms with E-state index in [1.165, 1.54) is 14.2 Å². The first-order chi connectivity index (χ1) is 7.21. The Morgan fingerprint density at radius 1 is 1.27 bits per heavy atom. The number of benzene rings is 1. The highest BCUT2D eigenvalue weighted by molar-refractivity contribution is 5.39. The van der Waals surface area contributed by atoms with Gasteiger partial charge in [0.2, 0.25) is 0 Å². The molecule has 0 aliphatic heterocycles. The van der Waals surface area contributed by atoms with Crippen molar-refractivity contribution in [3.63, 3.8) is 0 Å². The van der Waals surface area contributed by atoms with Crippen molar-refractivity contribution in [3.8, 4) is 17.6 Å². The third-order valence-corrected chi connectivity index (χ3v) is 2.04. The van der Waals surface area contributed by atoms with Crippen LogP contribution >= 0.6 is 0 Å². The first-order valence-corrected chi connectivity index (χ1v) is 4.49. The maximum atomic E-state index is 9.63. The molecule has 0 radical (unpaired) electrons. The van der Waals surface area contributed by atoms with Gasteiger partial charge in [-0.05, 0) is 17.7 Å². The largest absolute Gasteiger partial charge is 0.497 e. The summed E-state index contributed by atoms with van der Waals surface area (Å²) >= 11 is 0. The number of nitriles is 1. The van der Waals surface area contributed by atoms with Gasteiger partial charge in [-0.3, -0.25) is 0 Å². The number of aliphatic hydroxyl groups is 1. The molecule has 0 saturated carbocycles. The molecule has 0 aliphatic carbocycles. The van der Waals surface area contributed by atoms with E-state index in [0.717, 1.165) is 0 Å². The van der Waals surface area contributed by atoms with Crippen molar-refractivity contribution < 1.29 is 14.6 Å². The Balaban J connectivity index is 3.01. The Kier molecular flexibility index (Phi) is 3.95. The second kappa shape index (κ2) is 5.23. The van der Waals surface area contributed by atoms with Crippen LogP contribution in [0.1, 0.15) is 18.1 Å². The number of aliphatic hydroxyl groups excluding tert-OH is 1. The fourth-order valence-corrected chi connectivity index (χ4v) is 1.23. The van der Waals surface area contributed by atoms with E-state index in [2.05, 4.69) is 0 Å². The van der Waals surface area contributed by atoms with Crippen molar-refractivity contribution in [1.29, 1.82) is 5.26 Å². The van der Waals surface area contributed by atoms with Gasteiger partial charge in [0.15, 0.2) is 0 Å². The molecule has 0 saturated heterocycles. The fourth-order valence-electron chi connectivity index (χ4n) is 1.23. The first kappa shape index (κ1) is 11.3. The summed E-state index contributed by atoms with van der Waals surface area (Å²) in [6, 6.07) is 6.99. The van der Waals surface area contributed by atoms with E-state index >= 15 is 0 Å². The van der Waals surface area contributed by atoms with E-state index in [4.69, 9.17) is 14.7 Å². The number of rotatable bonds is 4. The van der Waals surface area contributed by atoms with Crippen LogP contribution in [0.2, 0.25) is 0 Å². The molecule has 0 bridgehead atoms. The van der Waals surface area contributed by atoms with Crippen LogP contribution in [-0.2, 0) is 0 Å². The van der Waals surface area contributed by atoms with E-state index in [1.807, 2.05) is 6.07 Å². The van der Waals surface area contributed by atoms with E-state index in [-0.39, 0.29) is 6.42 Å². The molecule has 0 fully saturated rings. The number of hydrogen-bond donors (Lipinski definition) is 1. The summed E-state index contributed by atoms with van der Waals surface area (Å²) in [5.41, 5.74) is 0.618. The zero-order chi connectivity index (χ0) is 11.3. The van der Waals surface area contributed by atoms with Gasteiger partial charge in [0.1, 0.15) is 11.5 Å². The van der Waals surface area contributed by atoms with Gasteiger partial charge >= 0.3 is 0 Å². The molecular weight excluding hydrogens is 194 g/mol. The van der Waals surface area contributed by atoms with Crippen LogP contribution in [0.5, 0.6) is 11.5 Å². The number of nitrogens with zero attached hydrogens (tertiary/aromatic N) is 1. The SMILES string of the molecule is COc1cc(OC)cc(C(O)CC#N)c1. The molecule has 1 unspecified atom stereocenters. The lowest BCUT2D eigenvalue weighted by Gasteiger charge is -2.11. The highest BCUT2D eigenvalue weighted by Crippen LogP contribution is 2.27. The maximum absolute atomic E-state index is 9.63. The summed E-state index contributed by atoms with van der Waals surface area (Å²) in [6.45, 7) is 0. The molecular formula is C11H13NO3. The molecule has 1 aromatic rings. The molecule has 1 rings (SSSR count). The molecule has 0 amide bonds. The minimum atomic E-state index is -0.806. The zero-order valence-corrected chi connectivity index (χ0v) is 8.73. The average Bonchev–Trinajstić information content (AvgIpc) is 2.28. The minimum Gasteiger partial charge on any atom is -0.497 e. The molecule has 80 valence electrons. The summed E-state index contributed by atoms with van der Waals surface area (Å²) in [7, 11) is 3.07. The van der Waals surface area contributed by atoms with Crippen molar-refractivity contribution >= 4 is 0 Å². The maximum Gasteiger partial charge on any atom is 0.122 e. The van der Waals surface area contributed by atoms with Gasteiger partial charge in [0.05, 0.1) is 32.8 Å². The van der Waals surface area contributed by atoms with Gasteiger partial charge in [-0.25, -0.2) is 0 Å². The lowest BCUT2D eigenvalue weighted by atomic mass is 10.1. The molecule has 0 aliphatic rings. The van der Waals surface area contributed by atoms with Gasteiger partial charge in [-0.1, -0.05) is 0 Å². The van der Waals surface area contributed by atoms with Crippen molar-refractivity contribution in [2.75, 3.05) is 14.2 Å². The minimum absolute atomic E-state index is 0.0519. The molecule has 0 spiro atoms. The summed E-state index contributed by atoms with van der Waals surface area (Å²) in [6.07, 6.45) is -0.755. The molecule has 1 atom stereocenters. The average molecular weight is 207 g/mol. The second-order valence-electron chi connectivity index (χ2n) is 3.02. The first-order valence-electron chi connectivity index (χ1n) is 4.49. The third-order valence-electron chi connectivity index (χ3n) is 2.04. The molecule has 1 N–H and O–H groups in total. The number of hydrogen-bond acceptors (Lipinski definition) is 4. The van der Waals surface area contributed by atoms with Crippen molar-refractivity contribution in [2.45, 2.75) is 12.5 Å². The van der Waals surface area contributed by atoms with Crippen LogP contribution in [0.3, 0.4) is 0 Å². The highest BCUT2D eigenvalue weighted by Gasteiger charge is 2.10. The van der Waals surface area contributed by atoms with Crippen molar-refractivity contribution in [2.24, 2.45) is 0 Å². The number of ether oxygens (including phenoxy) is 2. The Hall–Kier alpha value is -1.73. The lowest BCUT2D eigenvalue weighted by molar-refractivity contribution is 0.182. The Bertz CT molecular complexity index is 348. The highest BCUT2D eigenvalue weighted by atomic mass is 16.5. The molecule has 4 nitrogen and oxygen atoms in total. The molecule has 15 heavy (non-hydrogen) atoms. The Morgan fingerprint density at radius 2 is 1.80 bits per heavy atom. The van der Waals surface area contributed by atoms with Crippen molar-refractivity contribution in [1.82, 2.24) is 0 Å². The second-order valence-corrected chi connectivity index (χ2v) is 3.02. The van der Waals surface area contributed by atoms with Crippen LogP contribution in [-0.4, -0.2) is 19.3 Å².